The number of anilines is 1. The summed E-state index contributed by atoms with van der Waals surface area (Å²) >= 11 is 6.25. The number of imidazole rings is 1. The molecule has 45 heavy (non-hydrogen) atoms. The van der Waals surface area contributed by atoms with Gasteiger partial charge in [-0.05, 0) is 92.6 Å². The van der Waals surface area contributed by atoms with E-state index < -0.39 is 6.10 Å². The SMILES string of the molecule is COc1ccc([C@H](O)CNc2cc[nH]c(=O)c2-c2nc3c(C)cc(C4CCN(C5CCN(C(C)=O)CC5)CC4)cc3[nH]2)cc1Cl. The largest absolute Gasteiger partial charge is 0.495 e. The average Bonchev–Trinajstić information content (AvgIpc) is 3.48. The second-order valence-electron chi connectivity index (χ2n) is 12.3. The molecule has 6 rings (SSSR count). The molecular weight excluding hydrogens is 592 g/mol. The molecule has 2 aliphatic heterocycles. The molecule has 4 heterocycles. The van der Waals surface area contributed by atoms with Gasteiger partial charge in [-0.15, -0.1) is 0 Å². The van der Waals surface area contributed by atoms with Crippen molar-refractivity contribution in [2.24, 2.45) is 0 Å². The Bertz CT molecular complexity index is 1740. The topological polar surface area (TPSA) is 127 Å². The van der Waals surface area contributed by atoms with Gasteiger partial charge < -0.3 is 34.9 Å². The number of methoxy groups -OCH3 is 1. The van der Waals surface area contributed by atoms with E-state index in [1.54, 1.807) is 44.5 Å². The molecule has 1 amide bonds. The minimum absolute atomic E-state index is 0.164. The smallest absolute Gasteiger partial charge is 0.261 e. The summed E-state index contributed by atoms with van der Waals surface area (Å²) in [7, 11) is 1.54. The number of fused-ring (bicyclic) bond motifs is 1. The minimum atomic E-state index is -0.860. The predicted octanol–water partition coefficient (Wildman–Crippen LogP) is 5.22. The highest BCUT2D eigenvalue weighted by molar-refractivity contribution is 6.32. The molecule has 1 atom stereocenters. The number of hydrogen-bond donors (Lipinski definition) is 4. The first-order chi connectivity index (χ1) is 21.7. The van der Waals surface area contributed by atoms with Gasteiger partial charge >= 0.3 is 0 Å². The number of amides is 1. The highest BCUT2D eigenvalue weighted by atomic mass is 35.5. The average molecular weight is 633 g/mol. The van der Waals surface area contributed by atoms with Gasteiger partial charge in [0, 0.05) is 38.8 Å². The predicted molar refractivity (Wildman–Crippen MR) is 177 cm³/mol. The van der Waals surface area contributed by atoms with Gasteiger partial charge in [-0.2, -0.15) is 0 Å². The molecule has 4 N–H and O–H groups in total. The van der Waals surface area contributed by atoms with E-state index in [2.05, 4.69) is 39.2 Å². The summed E-state index contributed by atoms with van der Waals surface area (Å²) in [5.41, 5.74) is 5.41. The van der Waals surface area contributed by atoms with E-state index >= 15 is 0 Å². The summed E-state index contributed by atoms with van der Waals surface area (Å²) in [6.45, 7) is 7.73. The molecular formula is C34H41ClN6O4. The number of H-pyrrole nitrogens is 2. The van der Waals surface area contributed by atoms with Gasteiger partial charge in [0.15, 0.2) is 0 Å². The number of nitrogens with zero attached hydrogens (tertiary/aromatic N) is 3. The molecule has 2 aromatic heterocycles. The van der Waals surface area contributed by atoms with Crippen molar-refractivity contribution in [3.63, 3.8) is 0 Å². The number of rotatable bonds is 8. The molecule has 0 spiro atoms. The molecule has 10 nitrogen and oxygen atoms in total. The maximum atomic E-state index is 13.1. The van der Waals surface area contributed by atoms with Gasteiger partial charge in [0.2, 0.25) is 5.91 Å². The van der Waals surface area contributed by atoms with E-state index in [1.165, 1.54) is 5.56 Å². The lowest BCUT2D eigenvalue weighted by molar-refractivity contribution is -0.130. The summed E-state index contributed by atoms with van der Waals surface area (Å²) < 4.78 is 5.21. The van der Waals surface area contributed by atoms with E-state index in [4.69, 9.17) is 21.3 Å². The third-order valence-electron chi connectivity index (χ3n) is 9.47. The van der Waals surface area contributed by atoms with E-state index in [-0.39, 0.29) is 18.0 Å². The van der Waals surface area contributed by atoms with Crippen LogP contribution in [0.15, 0.2) is 47.4 Å². The van der Waals surface area contributed by atoms with E-state index in [0.717, 1.165) is 68.5 Å². The lowest BCUT2D eigenvalue weighted by atomic mass is 9.87. The van der Waals surface area contributed by atoms with Crippen LogP contribution in [0, 0.1) is 6.92 Å². The quantitative estimate of drug-likeness (QED) is 0.210. The van der Waals surface area contributed by atoms with Crippen LogP contribution in [-0.4, -0.2) is 81.6 Å². The number of aliphatic hydroxyl groups is 1. The molecule has 0 bridgehead atoms. The Labute approximate surface area is 267 Å². The maximum absolute atomic E-state index is 13.1. The van der Waals surface area contributed by atoms with E-state index in [0.29, 0.717) is 45.4 Å². The highest BCUT2D eigenvalue weighted by Gasteiger charge is 2.30. The molecule has 2 saturated heterocycles. The van der Waals surface area contributed by atoms with Crippen LogP contribution in [0.4, 0.5) is 5.69 Å². The highest BCUT2D eigenvalue weighted by Crippen LogP contribution is 2.35. The van der Waals surface area contributed by atoms with E-state index in [1.807, 2.05) is 4.90 Å². The fourth-order valence-electron chi connectivity index (χ4n) is 6.89. The second-order valence-corrected chi connectivity index (χ2v) is 12.7. The number of halogens is 1. The Morgan fingerprint density at radius 1 is 1.13 bits per heavy atom. The van der Waals surface area contributed by atoms with Crippen molar-refractivity contribution in [1.29, 1.82) is 0 Å². The monoisotopic (exact) mass is 632 g/mol. The zero-order valence-corrected chi connectivity index (χ0v) is 26.8. The summed E-state index contributed by atoms with van der Waals surface area (Å²) in [5, 5.41) is 14.5. The Kier molecular flexibility index (Phi) is 9.16. The van der Waals surface area contributed by atoms with Crippen LogP contribution in [0.3, 0.4) is 0 Å². The van der Waals surface area contributed by atoms with Gasteiger partial charge in [-0.3, -0.25) is 9.59 Å². The molecule has 4 aromatic rings. The standard InChI is InChI=1S/C34H41ClN6O4/c1-20-16-24(22-7-12-41(13-8-22)25-9-14-40(15-10-25)21(2)42)18-28-32(20)39-33(38-28)31-27(6-11-36-34(31)44)37-19-29(43)23-4-5-30(45-3)26(35)17-23/h4-6,11,16-18,22,25,29,43H,7-10,12-15,19H2,1-3H3,(H,38,39)(H2,36,37,44)/t29-/m1/s1. The zero-order valence-electron chi connectivity index (χ0n) is 26.0. The van der Waals surface area contributed by atoms with Crippen molar-refractivity contribution in [3.05, 3.63) is 74.7 Å². The Morgan fingerprint density at radius 3 is 2.58 bits per heavy atom. The lowest BCUT2D eigenvalue weighted by Crippen LogP contribution is -2.48. The fraction of sp³-hybridized carbons (Fsp3) is 0.441. The molecule has 238 valence electrons. The lowest BCUT2D eigenvalue weighted by Gasteiger charge is -2.41. The zero-order chi connectivity index (χ0) is 31.7. The molecule has 0 saturated carbocycles. The van der Waals surface area contributed by atoms with Gasteiger partial charge in [-0.25, -0.2) is 4.98 Å². The molecule has 2 fully saturated rings. The fourth-order valence-corrected chi connectivity index (χ4v) is 7.16. The number of carbonyl (C=O) groups is 1. The number of pyridine rings is 1. The van der Waals surface area contributed by atoms with Gasteiger partial charge in [-0.1, -0.05) is 23.7 Å². The number of aromatic nitrogens is 3. The molecule has 0 aliphatic carbocycles. The number of hydrogen-bond acceptors (Lipinski definition) is 7. The first kappa shape index (κ1) is 31.1. The van der Waals surface area contributed by atoms with Crippen LogP contribution < -0.4 is 15.6 Å². The maximum Gasteiger partial charge on any atom is 0.261 e. The van der Waals surface area contributed by atoms with Gasteiger partial charge in [0.25, 0.3) is 5.56 Å². The number of aryl methyl sites for hydroxylation is 1. The Morgan fingerprint density at radius 2 is 1.89 bits per heavy atom. The molecule has 11 heteroatoms. The Hall–Kier alpha value is -3.86. The molecule has 2 aromatic carbocycles. The summed E-state index contributed by atoms with van der Waals surface area (Å²) in [4.78, 5) is 40.4. The van der Waals surface area contributed by atoms with E-state index in [9.17, 15) is 14.7 Å². The van der Waals surface area contributed by atoms with Crippen LogP contribution in [-0.2, 0) is 4.79 Å². The Balaban J connectivity index is 1.16. The summed E-state index contributed by atoms with van der Waals surface area (Å²) in [6.07, 6.45) is 5.00. The molecule has 0 radical (unpaired) electrons. The van der Waals surface area contributed by atoms with Gasteiger partial charge in [0.1, 0.15) is 17.1 Å². The summed E-state index contributed by atoms with van der Waals surface area (Å²) in [5.74, 6) is 1.65. The van der Waals surface area contributed by atoms with Crippen molar-refractivity contribution in [1.82, 2.24) is 24.8 Å². The minimum Gasteiger partial charge on any atom is -0.495 e. The first-order valence-corrected chi connectivity index (χ1v) is 16.1. The number of benzene rings is 2. The number of ether oxygens (including phenoxy) is 1. The van der Waals surface area contributed by atoms with Crippen LogP contribution in [0.1, 0.15) is 61.3 Å². The summed E-state index contributed by atoms with van der Waals surface area (Å²) in [6, 6.07) is 11.9. The number of aromatic amines is 2. The third-order valence-corrected chi connectivity index (χ3v) is 9.77. The number of piperidine rings is 2. The number of aliphatic hydroxyl groups excluding tert-OH is 1. The molecule has 2 aliphatic rings. The number of carbonyl (C=O) groups excluding carboxylic acids is 1. The third kappa shape index (κ3) is 6.59. The van der Waals surface area contributed by atoms with Crippen LogP contribution in [0.2, 0.25) is 5.02 Å². The van der Waals surface area contributed by atoms with Crippen molar-refractivity contribution < 1.29 is 14.6 Å². The van der Waals surface area contributed by atoms with Crippen molar-refractivity contribution in [2.45, 2.75) is 57.6 Å². The second kappa shape index (κ2) is 13.2. The normalized spacial score (nSPS) is 17.5. The van der Waals surface area contributed by atoms with Gasteiger partial charge in [0.05, 0.1) is 35.0 Å². The van der Waals surface area contributed by atoms with Crippen LogP contribution in [0.5, 0.6) is 5.75 Å². The number of likely N-dealkylation sites (tertiary alicyclic amines) is 2. The number of nitrogens with one attached hydrogen (secondary N) is 3. The van der Waals surface area contributed by atoms with Crippen molar-refractivity contribution >= 4 is 34.2 Å². The van der Waals surface area contributed by atoms with Crippen molar-refractivity contribution in [3.8, 4) is 17.1 Å². The molecule has 0 unspecified atom stereocenters. The van der Waals surface area contributed by atoms with Crippen LogP contribution in [0.25, 0.3) is 22.4 Å². The van der Waals surface area contributed by atoms with Crippen molar-refractivity contribution in [2.75, 3.05) is 45.2 Å². The first-order valence-electron chi connectivity index (χ1n) is 15.7. The van der Waals surface area contributed by atoms with Crippen LogP contribution >= 0.6 is 11.6 Å².